The SMILES string of the molecule is CCC1CCC(O)C(CC2CCOCC2)C1. The third-order valence-corrected chi connectivity index (χ3v) is 4.61. The zero-order valence-electron chi connectivity index (χ0n) is 10.5. The molecule has 2 nitrogen and oxygen atoms in total. The summed E-state index contributed by atoms with van der Waals surface area (Å²) in [5, 5.41) is 10.1. The summed E-state index contributed by atoms with van der Waals surface area (Å²) in [5.41, 5.74) is 0. The molecule has 1 saturated carbocycles. The Morgan fingerprint density at radius 3 is 2.50 bits per heavy atom. The Kier molecular flexibility index (Phi) is 4.66. The first-order valence-electron chi connectivity index (χ1n) is 7.05. The Bertz CT molecular complexity index is 199. The fourth-order valence-electron chi connectivity index (χ4n) is 3.38. The van der Waals surface area contributed by atoms with Gasteiger partial charge in [-0.1, -0.05) is 13.3 Å². The second-order valence-electron chi connectivity index (χ2n) is 5.71. The quantitative estimate of drug-likeness (QED) is 0.801. The van der Waals surface area contributed by atoms with Crippen LogP contribution in [0.3, 0.4) is 0 Å². The molecule has 0 amide bonds. The van der Waals surface area contributed by atoms with E-state index in [0.717, 1.165) is 31.5 Å². The average Bonchev–Trinajstić information content (AvgIpc) is 2.33. The number of ether oxygens (including phenoxy) is 1. The van der Waals surface area contributed by atoms with E-state index >= 15 is 0 Å². The number of aliphatic hydroxyl groups excluding tert-OH is 1. The van der Waals surface area contributed by atoms with Crippen LogP contribution in [0, 0.1) is 17.8 Å². The van der Waals surface area contributed by atoms with Crippen LogP contribution in [-0.2, 0) is 4.74 Å². The van der Waals surface area contributed by atoms with Gasteiger partial charge >= 0.3 is 0 Å². The highest BCUT2D eigenvalue weighted by Gasteiger charge is 2.30. The molecule has 1 saturated heterocycles. The van der Waals surface area contributed by atoms with Gasteiger partial charge in [0.15, 0.2) is 0 Å². The molecule has 3 unspecified atom stereocenters. The van der Waals surface area contributed by atoms with Gasteiger partial charge in [0.05, 0.1) is 6.10 Å². The van der Waals surface area contributed by atoms with Crippen molar-refractivity contribution in [2.75, 3.05) is 13.2 Å². The Morgan fingerprint density at radius 1 is 1.06 bits per heavy atom. The fraction of sp³-hybridized carbons (Fsp3) is 1.00. The van der Waals surface area contributed by atoms with Crippen molar-refractivity contribution in [2.45, 2.75) is 58.0 Å². The van der Waals surface area contributed by atoms with Crippen LogP contribution < -0.4 is 0 Å². The largest absolute Gasteiger partial charge is 0.393 e. The number of aliphatic hydroxyl groups is 1. The van der Waals surface area contributed by atoms with E-state index < -0.39 is 0 Å². The number of hydrogen-bond acceptors (Lipinski definition) is 2. The third kappa shape index (κ3) is 3.21. The van der Waals surface area contributed by atoms with Crippen LogP contribution in [0.1, 0.15) is 51.9 Å². The van der Waals surface area contributed by atoms with Crippen LogP contribution in [-0.4, -0.2) is 24.4 Å². The van der Waals surface area contributed by atoms with E-state index in [-0.39, 0.29) is 6.10 Å². The third-order valence-electron chi connectivity index (χ3n) is 4.61. The zero-order valence-corrected chi connectivity index (χ0v) is 10.5. The van der Waals surface area contributed by atoms with Crippen LogP contribution in [0.2, 0.25) is 0 Å². The summed E-state index contributed by atoms with van der Waals surface area (Å²) in [4.78, 5) is 0. The molecule has 16 heavy (non-hydrogen) atoms. The maximum absolute atomic E-state index is 10.1. The van der Waals surface area contributed by atoms with Crippen LogP contribution in [0.25, 0.3) is 0 Å². The maximum Gasteiger partial charge on any atom is 0.0568 e. The van der Waals surface area contributed by atoms with Gasteiger partial charge in [-0.15, -0.1) is 0 Å². The van der Waals surface area contributed by atoms with Crippen molar-refractivity contribution < 1.29 is 9.84 Å². The standard InChI is InChI=1S/C14H26O2/c1-2-11-3-4-14(15)13(9-11)10-12-5-7-16-8-6-12/h11-15H,2-10H2,1H3. The lowest BCUT2D eigenvalue weighted by molar-refractivity contribution is 0.0115. The maximum atomic E-state index is 10.1. The lowest BCUT2D eigenvalue weighted by Crippen LogP contribution is -2.31. The van der Waals surface area contributed by atoms with E-state index in [2.05, 4.69) is 6.92 Å². The molecule has 2 aliphatic rings. The van der Waals surface area contributed by atoms with E-state index in [1.54, 1.807) is 0 Å². The molecule has 2 heteroatoms. The molecule has 94 valence electrons. The van der Waals surface area contributed by atoms with E-state index in [4.69, 9.17) is 4.74 Å². The molecule has 0 aromatic carbocycles. The van der Waals surface area contributed by atoms with Gasteiger partial charge in [-0.25, -0.2) is 0 Å². The molecular formula is C14H26O2. The molecule has 1 N–H and O–H groups in total. The molecule has 1 aliphatic heterocycles. The van der Waals surface area contributed by atoms with Crippen LogP contribution in [0.4, 0.5) is 0 Å². The highest BCUT2D eigenvalue weighted by Crippen LogP contribution is 2.36. The van der Waals surface area contributed by atoms with Gasteiger partial charge in [-0.2, -0.15) is 0 Å². The topological polar surface area (TPSA) is 29.5 Å². The molecule has 0 bridgehead atoms. The normalized spacial score (nSPS) is 37.5. The molecule has 2 rings (SSSR count). The molecule has 0 radical (unpaired) electrons. The summed E-state index contributed by atoms with van der Waals surface area (Å²) >= 11 is 0. The van der Waals surface area contributed by atoms with Gasteiger partial charge in [-0.05, 0) is 56.3 Å². The Hall–Kier alpha value is -0.0800. The van der Waals surface area contributed by atoms with E-state index in [9.17, 15) is 5.11 Å². The molecule has 1 heterocycles. The molecule has 2 fully saturated rings. The van der Waals surface area contributed by atoms with Crippen LogP contribution in [0.15, 0.2) is 0 Å². The Morgan fingerprint density at radius 2 is 1.81 bits per heavy atom. The lowest BCUT2D eigenvalue weighted by atomic mass is 9.74. The van der Waals surface area contributed by atoms with Crippen molar-refractivity contribution in [1.82, 2.24) is 0 Å². The van der Waals surface area contributed by atoms with Crippen LogP contribution in [0.5, 0.6) is 0 Å². The summed E-state index contributed by atoms with van der Waals surface area (Å²) in [6, 6.07) is 0. The van der Waals surface area contributed by atoms with Gasteiger partial charge < -0.3 is 9.84 Å². The van der Waals surface area contributed by atoms with Gasteiger partial charge in [-0.3, -0.25) is 0 Å². The van der Waals surface area contributed by atoms with Crippen molar-refractivity contribution in [2.24, 2.45) is 17.8 Å². The minimum Gasteiger partial charge on any atom is -0.393 e. The van der Waals surface area contributed by atoms with Gasteiger partial charge in [0.2, 0.25) is 0 Å². The number of rotatable bonds is 3. The average molecular weight is 226 g/mol. The van der Waals surface area contributed by atoms with E-state index in [0.29, 0.717) is 5.92 Å². The molecule has 0 spiro atoms. The van der Waals surface area contributed by atoms with E-state index in [1.165, 1.54) is 38.5 Å². The summed E-state index contributed by atoms with van der Waals surface area (Å²) in [6.07, 6.45) is 8.45. The van der Waals surface area contributed by atoms with Crippen molar-refractivity contribution >= 4 is 0 Å². The minimum absolute atomic E-state index is 0.0226. The molecule has 0 aromatic heterocycles. The predicted octanol–water partition coefficient (Wildman–Crippen LogP) is 2.99. The first-order chi connectivity index (χ1) is 7.79. The lowest BCUT2D eigenvalue weighted by Gasteiger charge is -2.36. The highest BCUT2D eigenvalue weighted by molar-refractivity contribution is 4.81. The van der Waals surface area contributed by atoms with Crippen molar-refractivity contribution in [3.63, 3.8) is 0 Å². The van der Waals surface area contributed by atoms with Gasteiger partial charge in [0.25, 0.3) is 0 Å². The molecule has 1 aliphatic carbocycles. The molecule has 3 atom stereocenters. The summed E-state index contributed by atoms with van der Waals surface area (Å²) < 4.78 is 5.40. The van der Waals surface area contributed by atoms with Gasteiger partial charge in [0.1, 0.15) is 0 Å². The second-order valence-corrected chi connectivity index (χ2v) is 5.71. The number of hydrogen-bond donors (Lipinski definition) is 1. The summed E-state index contributed by atoms with van der Waals surface area (Å²) in [6.45, 7) is 4.16. The minimum atomic E-state index is -0.0226. The molecular weight excluding hydrogens is 200 g/mol. The Balaban J connectivity index is 1.81. The highest BCUT2D eigenvalue weighted by atomic mass is 16.5. The van der Waals surface area contributed by atoms with Crippen LogP contribution >= 0.6 is 0 Å². The van der Waals surface area contributed by atoms with Gasteiger partial charge in [0, 0.05) is 13.2 Å². The van der Waals surface area contributed by atoms with Crippen molar-refractivity contribution in [3.05, 3.63) is 0 Å². The second kappa shape index (κ2) is 6.02. The summed E-state index contributed by atoms with van der Waals surface area (Å²) in [5.74, 6) is 2.25. The predicted molar refractivity (Wildman–Crippen MR) is 65.3 cm³/mol. The zero-order chi connectivity index (χ0) is 11.4. The van der Waals surface area contributed by atoms with Crippen molar-refractivity contribution in [3.8, 4) is 0 Å². The fourth-order valence-corrected chi connectivity index (χ4v) is 3.38. The first kappa shape index (κ1) is 12.4. The smallest absolute Gasteiger partial charge is 0.0568 e. The summed E-state index contributed by atoms with van der Waals surface area (Å²) in [7, 11) is 0. The molecule has 0 aromatic rings. The Labute approximate surface area is 99.4 Å². The monoisotopic (exact) mass is 226 g/mol. The first-order valence-corrected chi connectivity index (χ1v) is 7.05. The van der Waals surface area contributed by atoms with E-state index in [1.807, 2.05) is 0 Å². The van der Waals surface area contributed by atoms with Crippen molar-refractivity contribution in [1.29, 1.82) is 0 Å².